The van der Waals surface area contributed by atoms with Gasteiger partial charge in [0.25, 0.3) is 0 Å². The topological polar surface area (TPSA) is 43.1 Å². The molecular weight excluding hydrogens is 384 g/mol. The van der Waals surface area contributed by atoms with E-state index >= 15 is 0 Å². The fourth-order valence-electron chi connectivity index (χ4n) is 4.01. The van der Waals surface area contributed by atoms with Gasteiger partial charge in [-0.3, -0.25) is 4.40 Å². The maximum atomic E-state index is 4.70. The van der Waals surface area contributed by atoms with Crippen molar-refractivity contribution in [3.8, 4) is 0 Å². The van der Waals surface area contributed by atoms with Gasteiger partial charge >= 0.3 is 0 Å². The molecule has 0 bridgehead atoms. The molecule has 0 aliphatic carbocycles. The fourth-order valence-corrected chi connectivity index (χ4v) is 6.98. The van der Waals surface area contributed by atoms with Gasteiger partial charge in [0.2, 0.25) is 0 Å². The summed E-state index contributed by atoms with van der Waals surface area (Å²) in [6.45, 7) is 0. The number of benzene rings is 2. The third-order valence-electron chi connectivity index (χ3n) is 5.32. The van der Waals surface area contributed by atoms with Crippen LogP contribution in [0.4, 0.5) is 0 Å². The van der Waals surface area contributed by atoms with E-state index < -0.39 is 0 Å². The summed E-state index contributed by atoms with van der Waals surface area (Å²) in [5.74, 6) is 0. The molecule has 1 aliphatic rings. The molecule has 0 fully saturated rings. The quantitative estimate of drug-likeness (QED) is 0.395. The Balaban J connectivity index is 1.60. The maximum absolute atomic E-state index is 4.70. The number of hydrogen-bond donors (Lipinski definition) is 0. The van der Waals surface area contributed by atoms with E-state index in [0.717, 1.165) is 16.9 Å². The van der Waals surface area contributed by atoms with Crippen LogP contribution in [0.5, 0.6) is 0 Å². The van der Waals surface area contributed by atoms with Crippen LogP contribution in [0.3, 0.4) is 0 Å². The smallest absolute Gasteiger partial charge is 0.172 e. The molecule has 0 N–H and O–H groups in total. The molecule has 6 heteroatoms. The second-order valence-corrected chi connectivity index (χ2v) is 9.30. The minimum absolute atomic E-state index is 0.303. The molecule has 2 aromatic carbocycles. The first-order valence-corrected chi connectivity index (χ1v) is 11.0. The van der Waals surface area contributed by atoms with Crippen LogP contribution in [0, 0.1) is 0 Å². The lowest BCUT2D eigenvalue weighted by molar-refractivity contribution is 0.894. The lowest BCUT2D eigenvalue weighted by Gasteiger charge is -2.30. The standard InChI is InChI=1S/C22H16N4S2/c1-3-7-14(8-4-1)17-11-16-18-21-25-24-13-26(21)12-23-22(18)28-20(16)19(27-17)15-9-5-2-6-10-15/h1-10,12-13,17,19H,11H2/t17-,19-/m0/s1. The Morgan fingerprint density at radius 1 is 0.893 bits per heavy atom. The molecule has 4 heterocycles. The Morgan fingerprint density at radius 3 is 2.43 bits per heavy atom. The molecule has 5 aromatic rings. The SMILES string of the molecule is c1ccc([C@@H]2S[C@H](c3ccccc3)Cc3c2sc2ncn4cnnc4c32)cc1. The second kappa shape index (κ2) is 6.43. The Kier molecular flexibility index (Phi) is 3.74. The van der Waals surface area contributed by atoms with Crippen LogP contribution in [-0.2, 0) is 6.42 Å². The molecule has 28 heavy (non-hydrogen) atoms. The highest BCUT2D eigenvalue weighted by Gasteiger charge is 2.34. The van der Waals surface area contributed by atoms with Crippen molar-refractivity contribution in [1.29, 1.82) is 0 Å². The summed E-state index contributed by atoms with van der Waals surface area (Å²) in [7, 11) is 0. The molecule has 3 aromatic heterocycles. The van der Waals surface area contributed by atoms with Gasteiger partial charge in [0.1, 0.15) is 17.5 Å². The van der Waals surface area contributed by atoms with E-state index in [0.29, 0.717) is 10.5 Å². The van der Waals surface area contributed by atoms with Gasteiger partial charge in [-0.15, -0.1) is 33.3 Å². The van der Waals surface area contributed by atoms with Crippen molar-refractivity contribution in [1.82, 2.24) is 19.6 Å². The summed E-state index contributed by atoms with van der Waals surface area (Å²) in [6, 6.07) is 21.6. The van der Waals surface area contributed by atoms with E-state index in [9.17, 15) is 0 Å². The highest BCUT2D eigenvalue weighted by molar-refractivity contribution is 8.00. The molecule has 2 atom stereocenters. The van der Waals surface area contributed by atoms with E-state index in [1.807, 2.05) is 22.5 Å². The summed E-state index contributed by atoms with van der Waals surface area (Å²) in [5, 5.41) is 10.4. The Hall–Kier alpha value is -2.70. The van der Waals surface area contributed by atoms with Crippen molar-refractivity contribution < 1.29 is 0 Å². The molecule has 136 valence electrons. The minimum atomic E-state index is 0.303. The van der Waals surface area contributed by atoms with E-state index in [1.54, 1.807) is 17.7 Å². The van der Waals surface area contributed by atoms with Crippen molar-refractivity contribution in [2.24, 2.45) is 0 Å². The number of thiophene rings is 1. The summed E-state index contributed by atoms with van der Waals surface area (Å²) in [6.07, 6.45) is 4.54. The van der Waals surface area contributed by atoms with Crippen molar-refractivity contribution in [2.45, 2.75) is 16.9 Å². The van der Waals surface area contributed by atoms with Gasteiger partial charge in [0, 0.05) is 10.1 Å². The molecular formula is C22H16N4S2. The van der Waals surface area contributed by atoms with Crippen LogP contribution >= 0.6 is 23.1 Å². The van der Waals surface area contributed by atoms with Crippen LogP contribution in [0.15, 0.2) is 73.3 Å². The van der Waals surface area contributed by atoms with Crippen molar-refractivity contribution in [3.05, 3.63) is 94.9 Å². The summed E-state index contributed by atoms with van der Waals surface area (Å²) in [5.41, 5.74) is 5.01. The zero-order valence-electron chi connectivity index (χ0n) is 14.9. The molecule has 0 spiro atoms. The molecule has 0 amide bonds. The van der Waals surface area contributed by atoms with Gasteiger partial charge in [-0.25, -0.2) is 4.98 Å². The van der Waals surface area contributed by atoms with E-state index in [1.165, 1.54) is 27.0 Å². The predicted octanol–water partition coefficient (Wildman–Crippen LogP) is 5.46. The first-order valence-electron chi connectivity index (χ1n) is 9.23. The largest absolute Gasteiger partial charge is 0.271 e. The monoisotopic (exact) mass is 400 g/mol. The van der Waals surface area contributed by atoms with Gasteiger partial charge in [-0.2, -0.15) is 0 Å². The third-order valence-corrected chi connectivity index (χ3v) is 8.22. The highest BCUT2D eigenvalue weighted by Crippen LogP contribution is 2.55. The van der Waals surface area contributed by atoms with Crippen LogP contribution < -0.4 is 0 Å². The average molecular weight is 401 g/mol. The Morgan fingerprint density at radius 2 is 1.64 bits per heavy atom. The number of rotatable bonds is 2. The highest BCUT2D eigenvalue weighted by atomic mass is 32.2. The summed E-state index contributed by atoms with van der Waals surface area (Å²) < 4.78 is 1.92. The first kappa shape index (κ1) is 16.3. The summed E-state index contributed by atoms with van der Waals surface area (Å²) in [4.78, 5) is 7.17. The van der Waals surface area contributed by atoms with Crippen LogP contribution in [0.2, 0.25) is 0 Å². The van der Waals surface area contributed by atoms with Gasteiger partial charge < -0.3 is 0 Å². The van der Waals surface area contributed by atoms with Gasteiger partial charge in [-0.1, -0.05) is 60.7 Å². The predicted molar refractivity (Wildman–Crippen MR) is 115 cm³/mol. The second-order valence-electron chi connectivity index (χ2n) is 6.96. The fraction of sp³-hybridized carbons (Fsp3) is 0.136. The number of nitrogens with zero attached hydrogens (tertiary/aromatic N) is 4. The molecule has 6 rings (SSSR count). The zero-order valence-corrected chi connectivity index (χ0v) is 16.5. The van der Waals surface area contributed by atoms with E-state index in [-0.39, 0.29) is 0 Å². The van der Waals surface area contributed by atoms with Crippen LogP contribution in [0.1, 0.15) is 32.1 Å². The Labute approximate surface area is 170 Å². The third kappa shape index (κ3) is 2.48. The number of fused-ring (bicyclic) bond motifs is 5. The molecule has 0 saturated carbocycles. The lowest BCUT2D eigenvalue weighted by Crippen LogP contribution is -2.11. The van der Waals surface area contributed by atoms with Gasteiger partial charge in [0.15, 0.2) is 5.65 Å². The minimum Gasteiger partial charge on any atom is -0.271 e. The van der Waals surface area contributed by atoms with Crippen molar-refractivity contribution in [3.63, 3.8) is 0 Å². The number of aromatic nitrogens is 4. The lowest BCUT2D eigenvalue weighted by atomic mass is 9.98. The molecule has 0 unspecified atom stereocenters. The molecule has 1 aliphatic heterocycles. The van der Waals surface area contributed by atoms with Crippen LogP contribution in [-0.4, -0.2) is 19.6 Å². The zero-order chi connectivity index (χ0) is 18.5. The Bertz CT molecular complexity index is 1280. The number of hydrogen-bond acceptors (Lipinski definition) is 5. The molecule has 0 saturated heterocycles. The number of thioether (sulfide) groups is 1. The molecule has 4 nitrogen and oxygen atoms in total. The van der Waals surface area contributed by atoms with Crippen molar-refractivity contribution in [2.75, 3.05) is 0 Å². The van der Waals surface area contributed by atoms with Gasteiger partial charge in [-0.05, 0) is 23.1 Å². The van der Waals surface area contributed by atoms with Crippen molar-refractivity contribution >= 4 is 39.0 Å². The van der Waals surface area contributed by atoms with E-state index in [2.05, 4.69) is 70.9 Å². The maximum Gasteiger partial charge on any atom is 0.172 e. The van der Waals surface area contributed by atoms with Crippen LogP contribution in [0.25, 0.3) is 15.9 Å². The van der Waals surface area contributed by atoms with E-state index in [4.69, 9.17) is 4.98 Å². The first-order chi connectivity index (χ1) is 13.9. The average Bonchev–Trinajstić information content (AvgIpc) is 3.38. The van der Waals surface area contributed by atoms with Gasteiger partial charge in [0.05, 0.1) is 10.6 Å². The molecule has 0 radical (unpaired) electrons. The normalized spacial score (nSPS) is 19.1. The summed E-state index contributed by atoms with van der Waals surface area (Å²) >= 11 is 3.85.